The van der Waals surface area contributed by atoms with Crippen LogP contribution in [0, 0.1) is 5.92 Å². The van der Waals surface area contributed by atoms with E-state index in [4.69, 9.17) is 4.74 Å². The highest BCUT2D eigenvalue weighted by Gasteiger charge is 2.31. The van der Waals surface area contributed by atoms with Crippen LogP contribution in [0.2, 0.25) is 0 Å². The van der Waals surface area contributed by atoms with Gasteiger partial charge in [0.15, 0.2) is 0 Å². The molecule has 5 nitrogen and oxygen atoms in total. The lowest BCUT2D eigenvalue weighted by Gasteiger charge is -2.23. The van der Waals surface area contributed by atoms with Crippen molar-refractivity contribution in [2.45, 2.75) is 71.7 Å². The topological polar surface area (TPSA) is 55.3 Å². The number of nitrogens with zero attached hydrogens (tertiary/aromatic N) is 1. The Kier molecular flexibility index (Phi) is 6.10. The Morgan fingerprint density at radius 1 is 1.43 bits per heavy atom. The number of rotatable bonds is 8. The van der Waals surface area contributed by atoms with Gasteiger partial charge in [-0.05, 0) is 58.1 Å². The highest BCUT2D eigenvalue weighted by molar-refractivity contribution is 5.67. The number of carbonyl (C=O) groups excluding carboxylic acids is 1. The van der Waals surface area contributed by atoms with Gasteiger partial charge in [0, 0.05) is 37.6 Å². The number of aryl methyl sites for hydroxylation is 1. The zero-order valence-corrected chi connectivity index (χ0v) is 14.9. The van der Waals surface area contributed by atoms with Crippen LogP contribution in [-0.2, 0) is 17.8 Å². The summed E-state index contributed by atoms with van der Waals surface area (Å²) in [6.07, 6.45) is 5.41. The lowest BCUT2D eigenvalue weighted by atomic mass is 10.2. The maximum Gasteiger partial charge on any atom is 0.407 e. The number of amides is 1. The van der Waals surface area contributed by atoms with E-state index in [9.17, 15) is 4.79 Å². The normalized spacial score (nSPS) is 16.2. The highest BCUT2D eigenvalue weighted by Crippen LogP contribution is 2.32. The molecule has 1 saturated carbocycles. The molecule has 1 amide bonds. The summed E-state index contributed by atoms with van der Waals surface area (Å²) in [5, 5.41) is 6.51. The largest absolute Gasteiger partial charge is 0.444 e. The first-order valence-corrected chi connectivity index (χ1v) is 8.73. The summed E-state index contributed by atoms with van der Waals surface area (Å²) in [6.45, 7) is 10.3. The van der Waals surface area contributed by atoms with E-state index in [2.05, 4.69) is 40.5 Å². The summed E-state index contributed by atoms with van der Waals surface area (Å²) in [4.78, 5) is 11.8. The predicted octanol–water partition coefficient (Wildman–Crippen LogP) is 3.29. The molecule has 1 atom stereocenters. The Balaban J connectivity index is 1.80. The minimum atomic E-state index is -0.451. The fourth-order valence-electron chi connectivity index (χ4n) is 2.72. The second kappa shape index (κ2) is 7.86. The van der Waals surface area contributed by atoms with E-state index in [1.165, 1.54) is 18.5 Å². The molecule has 1 fully saturated rings. The van der Waals surface area contributed by atoms with Crippen LogP contribution in [0.1, 0.15) is 52.7 Å². The molecule has 0 bridgehead atoms. The van der Waals surface area contributed by atoms with Gasteiger partial charge in [0.25, 0.3) is 0 Å². The van der Waals surface area contributed by atoms with Crippen LogP contribution in [-0.4, -0.2) is 28.8 Å². The second-order valence-corrected chi connectivity index (χ2v) is 7.40. The van der Waals surface area contributed by atoms with Crippen LogP contribution in [0.15, 0.2) is 18.3 Å². The number of carbonyl (C=O) groups is 1. The lowest BCUT2D eigenvalue weighted by molar-refractivity contribution is 0.0521. The highest BCUT2D eigenvalue weighted by atomic mass is 16.6. The second-order valence-electron chi connectivity index (χ2n) is 7.40. The van der Waals surface area contributed by atoms with Gasteiger partial charge in [-0.2, -0.15) is 0 Å². The van der Waals surface area contributed by atoms with Crippen molar-refractivity contribution in [2.24, 2.45) is 5.92 Å². The van der Waals surface area contributed by atoms with E-state index >= 15 is 0 Å². The Morgan fingerprint density at radius 3 is 2.78 bits per heavy atom. The van der Waals surface area contributed by atoms with Crippen molar-refractivity contribution in [3.63, 3.8) is 0 Å². The van der Waals surface area contributed by atoms with Gasteiger partial charge in [0.05, 0.1) is 0 Å². The van der Waals surface area contributed by atoms with E-state index in [0.717, 1.165) is 19.5 Å². The van der Waals surface area contributed by atoms with Crippen LogP contribution >= 0.6 is 0 Å². The molecule has 1 aliphatic carbocycles. The molecule has 0 aromatic carbocycles. The summed E-state index contributed by atoms with van der Waals surface area (Å²) >= 11 is 0. The molecule has 0 spiro atoms. The summed E-state index contributed by atoms with van der Waals surface area (Å²) in [5.74, 6) is 0.666. The number of hydrogen-bond acceptors (Lipinski definition) is 3. The van der Waals surface area contributed by atoms with Crippen LogP contribution < -0.4 is 10.6 Å². The molecule has 1 unspecified atom stereocenters. The number of alkyl carbamates (subject to hydrolysis) is 1. The molecule has 2 N–H and O–H groups in total. The molecule has 0 radical (unpaired) electrons. The van der Waals surface area contributed by atoms with E-state index in [1.54, 1.807) is 0 Å². The first-order valence-electron chi connectivity index (χ1n) is 8.73. The third-order valence-electron chi connectivity index (χ3n) is 3.99. The van der Waals surface area contributed by atoms with Crippen molar-refractivity contribution in [1.29, 1.82) is 0 Å². The van der Waals surface area contributed by atoms with Crippen molar-refractivity contribution in [3.8, 4) is 0 Å². The first kappa shape index (κ1) is 17.9. The van der Waals surface area contributed by atoms with Gasteiger partial charge < -0.3 is 19.9 Å². The Labute approximate surface area is 139 Å². The molecule has 5 heteroatoms. The Hall–Kier alpha value is -1.49. The molecule has 1 aromatic rings. The summed E-state index contributed by atoms with van der Waals surface area (Å²) < 4.78 is 7.60. The molecule has 2 rings (SSSR count). The SMILES string of the molecule is CCCn1cccc1CNC(CNC(=O)OC(C)(C)C)C1CC1. The van der Waals surface area contributed by atoms with Crippen LogP contribution in [0.4, 0.5) is 4.79 Å². The van der Waals surface area contributed by atoms with Gasteiger partial charge >= 0.3 is 6.09 Å². The van der Waals surface area contributed by atoms with Gasteiger partial charge in [0.2, 0.25) is 0 Å². The molecule has 1 aromatic heterocycles. The Morgan fingerprint density at radius 2 is 2.17 bits per heavy atom. The maximum atomic E-state index is 11.8. The molecule has 1 aliphatic rings. The smallest absolute Gasteiger partial charge is 0.407 e. The molecule has 23 heavy (non-hydrogen) atoms. The maximum absolute atomic E-state index is 11.8. The van der Waals surface area contributed by atoms with Gasteiger partial charge in [-0.3, -0.25) is 0 Å². The van der Waals surface area contributed by atoms with Gasteiger partial charge in [0.1, 0.15) is 5.60 Å². The van der Waals surface area contributed by atoms with Crippen LogP contribution in [0.25, 0.3) is 0 Å². The van der Waals surface area contributed by atoms with Gasteiger partial charge in [-0.1, -0.05) is 6.92 Å². The summed E-state index contributed by atoms with van der Waals surface area (Å²) in [5.41, 5.74) is 0.850. The fourth-order valence-corrected chi connectivity index (χ4v) is 2.72. The fraction of sp³-hybridized carbons (Fsp3) is 0.722. The minimum Gasteiger partial charge on any atom is -0.444 e. The number of nitrogens with one attached hydrogen (secondary N) is 2. The number of aromatic nitrogens is 1. The molecule has 0 aliphatic heterocycles. The lowest BCUT2D eigenvalue weighted by Crippen LogP contribution is -2.43. The zero-order chi connectivity index (χ0) is 16.9. The van der Waals surface area contributed by atoms with Crippen LogP contribution in [0.3, 0.4) is 0 Å². The van der Waals surface area contributed by atoms with Crippen molar-refractivity contribution in [3.05, 3.63) is 24.0 Å². The number of ether oxygens (including phenoxy) is 1. The summed E-state index contributed by atoms with van der Waals surface area (Å²) in [7, 11) is 0. The predicted molar refractivity (Wildman–Crippen MR) is 92.3 cm³/mol. The Bertz CT molecular complexity index is 501. The minimum absolute atomic E-state index is 0.312. The average Bonchev–Trinajstić information content (AvgIpc) is 3.19. The van der Waals surface area contributed by atoms with Crippen molar-refractivity contribution < 1.29 is 9.53 Å². The third kappa shape index (κ3) is 6.26. The molecular formula is C18H31N3O2. The first-order chi connectivity index (χ1) is 10.9. The standard InChI is InChI=1S/C18H31N3O2/c1-5-10-21-11-6-7-15(21)12-19-16(14-8-9-14)13-20-17(22)23-18(2,3)4/h6-7,11,14,16,19H,5,8-10,12-13H2,1-4H3,(H,20,22). The van der Waals surface area contributed by atoms with Crippen molar-refractivity contribution >= 4 is 6.09 Å². The van der Waals surface area contributed by atoms with E-state index in [0.29, 0.717) is 18.5 Å². The zero-order valence-electron chi connectivity index (χ0n) is 14.9. The van der Waals surface area contributed by atoms with E-state index < -0.39 is 5.60 Å². The van der Waals surface area contributed by atoms with Crippen molar-refractivity contribution in [2.75, 3.05) is 6.54 Å². The quantitative estimate of drug-likeness (QED) is 0.772. The van der Waals surface area contributed by atoms with Gasteiger partial charge in [-0.15, -0.1) is 0 Å². The van der Waals surface area contributed by atoms with Gasteiger partial charge in [-0.25, -0.2) is 4.79 Å². The summed E-state index contributed by atoms with van der Waals surface area (Å²) in [6, 6.07) is 4.57. The monoisotopic (exact) mass is 321 g/mol. The van der Waals surface area contributed by atoms with Crippen molar-refractivity contribution in [1.82, 2.24) is 15.2 Å². The molecular weight excluding hydrogens is 290 g/mol. The number of hydrogen-bond donors (Lipinski definition) is 2. The van der Waals surface area contributed by atoms with Crippen LogP contribution in [0.5, 0.6) is 0 Å². The molecule has 1 heterocycles. The van der Waals surface area contributed by atoms with E-state index in [-0.39, 0.29) is 6.09 Å². The van der Waals surface area contributed by atoms with E-state index in [1.807, 2.05) is 20.8 Å². The molecule has 0 saturated heterocycles. The molecule has 130 valence electrons. The third-order valence-corrected chi connectivity index (χ3v) is 3.99. The average molecular weight is 321 g/mol.